The average molecular weight is 443 g/mol. The zero-order valence-corrected chi connectivity index (χ0v) is 19.3. The number of morpholine rings is 1. The SMILES string of the molecule is CC1CCCN1CCc1ccc(-c2ccc(S(=O)(=O)CCN3CCOCC3)cc2)cc1. The number of hydrogen-bond donors (Lipinski definition) is 0. The Bertz CT molecular complexity index is 936. The van der Waals surface area contributed by atoms with E-state index in [1.54, 1.807) is 12.1 Å². The Morgan fingerprint density at radius 2 is 1.55 bits per heavy atom. The van der Waals surface area contributed by atoms with E-state index < -0.39 is 9.84 Å². The number of rotatable bonds is 8. The second kappa shape index (κ2) is 10.3. The smallest absolute Gasteiger partial charge is 0.179 e. The summed E-state index contributed by atoms with van der Waals surface area (Å²) >= 11 is 0. The lowest BCUT2D eigenvalue weighted by molar-refractivity contribution is 0.0408. The first-order valence-electron chi connectivity index (χ1n) is 11.5. The summed E-state index contributed by atoms with van der Waals surface area (Å²) in [7, 11) is -3.27. The van der Waals surface area contributed by atoms with Crippen LogP contribution in [0.3, 0.4) is 0 Å². The van der Waals surface area contributed by atoms with Gasteiger partial charge in [0.05, 0.1) is 23.9 Å². The molecule has 2 fully saturated rings. The molecule has 1 unspecified atom stereocenters. The van der Waals surface area contributed by atoms with Gasteiger partial charge in [-0.2, -0.15) is 0 Å². The molecule has 2 aromatic carbocycles. The fraction of sp³-hybridized carbons (Fsp3) is 0.520. The van der Waals surface area contributed by atoms with Crippen molar-refractivity contribution in [3.05, 3.63) is 54.1 Å². The zero-order valence-electron chi connectivity index (χ0n) is 18.5. The van der Waals surface area contributed by atoms with Crippen LogP contribution in [0, 0.1) is 0 Å². The third-order valence-electron chi connectivity index (χ3n) is 6.66. The van der Waals surface area contributed by atoms with Gasteiger partial charge < -0.3 is 9.64 Å². The van der Waals surface area contributed by atoms with Gasteiger partial charge in [0.2, 0.25) is 0 Å². The summed E-state index contributed by atoms with van der Waals surface area (Å²) in [6, 6.07) is 16.7. The molecule has 0 bridgehead atoms. The fourth-order valence-corrected chi connectivity index (χ4v) is 5.79. The van der Waals surface area contributed by atoms with E-state index in [0.717, 1.165) is 37.2 Å². The van der Waals surface area contributed by atoms with Crippen LogP contribution in [0.25, 0.3) is 11.1 Å². The van der Waals surface area contributed by atoms with Crippen LogP contribution in [0.4, 0.5) is 0 Å². The fourth-order valence-electron chi connectivity index (χ4n) is 4.51. The van der Waals surface area contributed by atoms with Crippen molar-refractivity contribution in [1.82, 2.24) is 9.80 Å². The van der Waals surface area contributed by atoms with E-state index in [9.17, 15) is 8.42 Å². The molecule has 0 amide bonds. The maximum atomic E-state index is 12.7. The molecule has 2 aliphatic heterocycles. The predicted molar refractivity (Wildman–Crippen MR) is 125 cm³/mol. The summed E-state index contributed by atoms with van der Waals surface area (Å²) in [5.74, 6) is 0.149. The zero-order chi connectivity index (χ0) is 21.7. The van der Waals surface area contributed by atoms with Gasteiger partial charge in [-0.1, -0.05) is 36.4 Å². The third-order valence-corrected chi connectivity index (χ3v) is 8.37. The van der Waals surface area contributed by atoms with E-state index in [0.29, 0.717) is 30.7 Å². The van der Waals surface area contributed by atoms with Crippen LogP contribution in [0.15, 0.2) is 53.4 Å². The van der Waals surface area contributed by atoms with Crippen LogP contribution in [0.1, 0.15) is 25.3 Å². The van der Waals surface area contributed by atoms with Gasteiger partial charge in [-0.3, -0.25) is 4.90 Å². The van der Waals surface area contributed by atoms with Gasteiger partial charge >= 0.3 is 0 Å². The summed E-state index contributed by atoms with van der Waals surface area (Å²) in [4.78, 5) is 5.13. The van der Waals surface area contributed by atoms with Crippen LogP contribution in [0.5, 0.6) is 0 Å². The molecule has 4 rings (SSSR count). The van der Waals surface area contributed by atoms with E-state index >= 15 is 0 Å². The monoisotopic (exact) mass is 442 g/mol. The van der Waals surface area contributed by atoms with Crippen molar-refractivity contribution in [3.63, 3.8) is 0 Å². The standard InChI is InChI=1S/C25H34N2O3S/c1-21-3-2-13-27(21)14-12-22-4-6-23(7-5-22)24-8-10-25(11-9-24)31(28,29)20-17-26-15-18-30-19-16-26/h4-11,21H,2-3,12-20H2,1H3. The van der Waals surface area contributed by atoms with E-state index in [4.69, 9.17) is 4.74 Å². The van der Waals surface area contributed by atoms with Crippen molar-refractivity contribution in [3.8, 4) is 11.1 Å². The summed E-state index contributed by atoms with van der Waals surface area (Å²) in [5.41, 5.74) is 3.52. The maximum absolute atomic E-state index is 12.7. The minimum atomic E-state index is -3.27. The molecule has 5 nitrogen and oxygen atoms in total. The molecule has 6 heteroatoms. The van der Waals surface area contributed by atoms with Crippen LogP contribution < -0.4 is 0 Å². The molecule has 0 spiro atoms. The van der Waals surface area contributed by atoms with Gasteiger partial charge in [0.1, 0.15) is 0 Å². The quantitative estimate of drug-likeness (QED) is 0.626. The lowest BCUT2D eigenvalue weighted by atomic mass is 10.0. The van der Waals surface area contributed by atoms with E-state index in [1.807, 2.05) is 12.1 Å². The van der Waals surface area contributed by atoms with Crippen molar-refractivity contribution >= 4 is 9.84 Å². The molecule has 2 saturated heterocycles. The Labute approximate surface area is 186 Å². The summed E-state index contributed by atoms with van der Waals surface area (Å²) < 4.78 is 30.7. The largest absolute Gasteiger partial charge is 0.379 e. The highest BCUT2D eigenvalue weighted by Gasteiger charge is 2.20. The number of likely N-dealkylation sites (tertiary alicyclic amines) is 1. The number of benzene rings is 2. The number of ether oxygens (including phenoxy) is 1. The summed E-state index contributed by atoms with van der Waals surface area (Å²) in [6.07, 6.45) is 3.71. The van der Waals surface area contributed by atoms with Crippen LogP contribution >= 0.6 is 0 Å². The highest BCUT2D eigenvalue weighted by atomic mass is 32.2. The topological polar surface area (TPSA) is 49.9 Å². The lowest BCUT2D eigenvalue weighted by Crippen LogP contribution is -2.39. The minimum absolute atomic E-state index is 0.149. The lowest BCUT2D eigenvalue weighted by Gasteiger charge is -2.26. The Morgan fingerprint density at radius 1 is 0.903 bits per heavy atom. The second-order valence-electron chi connectivity index (χ2n) is 8.77. The predicted octanol–water partition coefficient (Wildman–Crippen LogP) is 3.49. The van der Waals surface area contributed by atoms with Gasteiger partial charge in [0.15, 0.2) is 9.84 Å². The number of hydrogen-bond acceptors (Lipinski definition) is 5. The molecule has 2 aliphatic rings. The third kappa shape index (κ3) is 5.95. The molecule has 0 aromatic heterocycles. The summed E-state index contributed by atoms with van der Waals surface area (Å²) in [5, 5.41) is 0. The van der Waals surface area contributed by atoms with Gasteiger partial charge in [0, 0.05) is 32.2 Å². The Balaban J connectivity index is 1.33. The first kappa shape index (κ1) is 22.5. The molecule has 2 aromatic rings. The molecular formula is C25H34N2O3S. The molecule has 168 valence electrons. The van der Waals surface area contributed by atoms with Crippen molar-refractivity contribution in [2.75, 3.05) is 51.7 Å². The molecule has 0 aliphatic carbocycles. The molecule has 0 radical (unpaired) electrons. The van der Waals surface area contributed by atoms with Crippen molar-refractivity contribution in [1.29, 1.82) is 0 Å². The van der Waals surface area contributed by atoms with Crippen molar-refractivity contribution in [2.45, 2.75) is 37.1 Å². The summed E-state index contributed by atoms with van der Waals surface area (Å²) in [6.45, 7) is 8.21. The highest BCUT2D eigenvalue weighted by Crippen LogP contribution is 2.23. The highest BCUT2D eigenvalue weighted by molar-refractivity contribution is 7.91. The van der Waals surface area contributed by atoms with Crippen LogP contribution in [-0.2, 0) is 21.0 Å². The minimum Gasteiger partial charge on any atom is -0.379 e. The van der Waals surface area contributed by atoms with Gasteiger partial charge in [-0.25, -0.2) is 8.42 Å². The van der Waals surface area contributed by atoms with Gasteiger partial charge in [-0.15, -0.1) is 0 Å². The van der Waals surface area contributed by atoms with Crippen LogP contribution in [-0.4, -0.2) is 75.9 Å². The Hall–Kier alpha value is -1.73. The molecule has 0 saturated carbocycles. The van der Waals surface area contributed by atoms with Crippen LogP contribution in [0.2, 0.25) is 0 Å². The van der Waals surface area contributed by atoms with Crippen molar-refractivity contribution < 1.29 is 13.2 Å². The van der Waals surface area contributed by atoms with E-state index in [2.05, 4.69) is 41.0 Å². The number of nitrogens with zero attached hydrogens (tertiary/aromatic N) is 2. The van der Waals surface area contributed by atoms with E-state index in [-0.39, 0.29) is 5.75 Å². The molecular weight excluding hydrogens is 408 g/mol. The van der Waals surface area contributed by atoms with Gasteiger partial charge in [-0.05, 0) is 61.6 Å². The molecule has 0 N–H and O–H groups in total. The number of sulfone groups is 1. The second-order valence-corrected chi connectivity index (χ2v) is 10.9. The molecule has 2 heterocycles. The Morgan fingerprint density at radius 3 is 2.16 bits per heavy atom. The Kier molecular flexibility index (Phi) is 7.43. The molecule has 31 heavy (non-hydrogen) atoms. The maximum Gasteiger partial charge on any atom is 0.179 e. The first-order chi connectivity index (χ1) is 15.0. The average Bonchev–Trinajstić information content (AvgIpc) is 3.22. The van der Waals surface area contributed by atoms with E-state index in [1.165, 1.54) is 24.9 Å². The van der Waals surface area contributed by atoms with Crippen molar-refractivity contribution in [2.24, 2.45) is 0 Å². The first-order valence-corrected chi connectivity index (χ1v) is 13.1. The molecule has 1 atom stereocenters. The van der Waals surface area contributed by atoms with Gasteiger partial charge in [0.25, 0.3) is 0 Å². The normalized spacial score (nSPS) is 20.9.